The van der Waals surface area contributed by atoms with E-state index in [1.165, 1.54) is 0 Å². The molecule has 0 spiro atoms. The number of halogens is 3. The molecule has 1 aliphatic heterocycles. The predicted molar refractivity (Wildman–Crippen MR) is 102 cm³/mol. The van der Waals surface area contributed by atoms with Gasteiger partial charge in [0.1, 0.15) is 11.4 Å². The number of hydrogen-bond acceptors (Lipinski definition) is 6. The first-order valence-corrected chi connectivity index (χ1v) is 9.47. The Morgan fingerprint density at radius 2 is 2.07 bits per heavy atom. The third kappa shape index (κ3) is 5.36. The summed E-state index contributed by atoms with van der Waals surface area (Å²) in [5.74, 6) is -0.142. The lowest BCUT2D eigenvalue weighted by molar-refractivity contribution is -0.137. The molecule has 1 aliphatic rings. The number of likely N-dealkylation sites (tertiary alicyclic amines) is 1. The van der Waals surface area contributed by atoms with E-state index in [4.69, 9.17) is 0 Å². The van der Waals surface area contributed by atoms with Crippen LogP contribution in [-0.2, 0) is 18.0 Å². The van der Waals surface area contributed by atoms with E-state index in [9.17, 15) is 18.0 Å². The Bertz CT molecular complexity index is 866. The molecule has 0 saturated carbocycles. The van der Waals surface area contributed by atoms with E-state index in [0.717, 1.165) is 19.0 Å². The number of piperidine rings is 1. The molecule has 29 heavy (non-hydrogen) atoms. The molecule has 0 aromatic carbocycles. The number of aryl methyl sites for hydroxylation is 2. The van der Waals surface area contributed by atoms with Crippen molar-refractivity contribution in [3.63, 3.8) is 0 Å². The van der Waals surface area contributed by atoms with Crippen molar-refractivity contribution in [3.8, 4) is 0 Å². The van der Waals surface area contributed by atoms with Gasteiger partial charge in [-0.15, -0.1) is 0 Å². The fourth-order valence-corrected chi connectivity index (χ4v) is 3.20. The van der Waals surface area contributed by atoms with Gasteiger partial charge in [0.2, 0.25) is 11.9 Å². The van der Waals surface area contributed by atoms with E-state index >= 15 is 0 Å². The summed E-state index contributed by atoms with van der Waals surface area (Å²) in [6.07, 6.45) is 0.810. The van der Waals surface area contributed by atoms with Crippen LogP contribution in [-0.4, -0.2) is 50.2 Å². The molecule has 8 nitrogen and oxygen atoms in total. The van der Waals surface area contributed by atoms with Crippen LogP contribution in [0.3, 0.4) is 0 Å². The normalized spacial score (nSPS) is 14.9. The number of amides is 1. The van der Waals surface area contributed by atoms with E-state index < -0.39 is 11.7 Å². The standard InChI is InChI=1S/C18H24F3N7O/c1-12-14(11-27(2)26-12)24-17-23-10-13(18(19,20)21)16(25-17)22-7-5-9-28-8-4-3-6-15(28)29/h10-11H,3-9H2,1-2H3,(H2,22,23,24,25). The van der Waals surface area contributed by atoms with Crippen molar-refractivity contribution in [1.29, 1.82) is 0 Å². The van der Waals surface area contributed by atoms with Crippen molar-refractivity contribution in [2.75, 3.05) is 30.3 Å². The molecule has 1 saturated heterocycles. The molecule has 3 rings (SSSR count). The van der Waals surface area contributed by atoms with Crippen molar-refractivity contribution < 1.29 is 18.0 Å². The lowest BCUT2D eigenvalue weighted by atomic mass is 10.1. The highest BCUT2D eigenvalue weighted by molar-refractivity contribution is 5.76. The van der Waals surface area contributed by atoms with Crippen molar-refractivity contribution >= 4 is 23.4 Å². The second-order valence-electron chi connectivity index (χ2n) is 7.00. The fraction of sp³-hybridized carbons (Fsp3) is 0.556. The van der Waals surface area contributed by atoms with Gasteiger partial charge >= 0.3 is 6.18 Å². The highest BCUT2D eigenvalue weighted by atomic mass is 19.4. The topological polar surface area (TPSA) is 88.0 Å². The highest BCUT2D eigenvalue weighted by Gasteiger charge is 2.35. The molecule has 158 valence electrons. The minimum Gasteiger partial charge on any atom is -0.369 e. The fourth-order valence-electron chi connectivity index (χ4n) is 3.20. The van der Waals surface area contributed by atoms with Crippen LogP contribution < -0.4 is 10.6 Å². The van der Waals surface area contributed by atoms with E-state index in [0.29, 0.717) is 37.3 Å². The Morgan fingerprint density at radius 1 is 1.28 bits per heavy atom. The third-order valence-corrected chi connectivity index (χ3v) is 4.67. The summed E-state index contributed by atoms with van der Waals surface area (Å²) in [5.41, 5.74) is 0.360. The van der Waals surface area contributed by atoms with Crippen LogP contribution in [0.1, 0.15) is 36.9 Å². The molecule has 0 bridgehead atoms. The molecule has 2 aromatic heterocycles. The van der Waals surface area contributed by atoms with Crippen molar-refractivity contribution in [3.05, 3.63) is 23.7 Å². The Balaban J connectivity index is 1.67. The monoisotopic (exact) mass is 411 g/mol. The van der Waals surface area contributed by atoms with Crippen molar-refractivity contribution in [2.45, 2.75) is 38.8 Å². The van der Waals surface area contributed by atoms with Gasteiger partial charge in [-0.2, -0.15) is 23.3 Å². The minimum atomic E-state index is -4.58. The summed E-state index contributed by atoms with van der Waals surface area (Å²) < 4.78 is 41.5. The average molecular weight is 411 g/mol. The molecule has 0 radical (unpaired) electrons. The van der Waals surface area contributed by atoms with Gasteiger partial charge in [0.15, 0.2) is 0 Å². The van der Waals surface area contributed by atoms with Gasteiger partial charge in [-0.3, -0.25) is 9.48 Å². The Kier molecular flexibility index (Phi) is 6.23. The summed E-state index contributed by atoms with van der Waals surface area (Å²) in [6.45, 7) is 3.25. The zero-order chi connectivity index (χ0) is 21.0. The molecule has 3 heterocycles. The molecule has 0 atom stereocenters. The molecular weight excluding hydrogens is 387 g/mol. The number of rotatable bonds is 7. The molecule has 0 unspecified atom stereocenters. The maximum absolute atomic E-state index is 13.3. The Hall–Kier alpha value is -2.85. The molecular formula is C18H24F3N7O. The average Bonchev–Trinajstić information content (AvgIpc) is 2.96. The van der Waals surface area contributed by atoms with Gasteiger partial charge in [-0.25, -0.2) is 4.98 Å². The maximum Gasteiger partial charge on any atom is 0.421 e. The van der Waals surface area contributed by atoms with Gasteiger partial charge in [0.05, 0.1) is 11.4 Å². The van der Waals surface area contributed by atoms with Crippen LogP contribution in [0.5, 0.6) is 0 Å². The molecule has 2 N–H and O–H groups in total. The minimum absolute atomic E-state index is 0.0443. The lowest BCUT2D eigenvalue weighted by Crippen LogP contribution is -2.36. The maximum atomic E-state index is 13.3. The number of hydrogen-bond donors (Lipinski definition) is 2. The Labute approximate surface area is 166 Å². The van der Waals surface area contributed by atoms with Crippen LogP contribution >= 0.6 is 0 Å². The van der Waals surface area contributed by atoms with Gasteiger partial charge in [0, 0.05) is 45.5 Å². The van der Waals surface area contributed by atoms with Crippen LogP contribution in [0, 0.1) is 6.92 Å². The quantitative estimate of drug-likeness (QED) is 0.681. The molecule has 2 aromatic rings. The predicted octanol–water partition coefficient (Wildman–Crippen LogP) is 3.10. The van der Waals surface area contributed by atoms with E-state index in [2.05, 4.69) is 25.7 Å². The lowest BCUT2D eigenvalue weighted by Gasteiger charge is -2.26. The van der Waals surface area contributed by atoms with Gasteiger partial charge in [0.25, 0.3) is 0 Å². The van der Waals surface area contributed by atoms with E-state index in [1.807, 2.05) is 0 Å². The molecule has 11 heteroatoms. The van der Waals surface area contributed by atoms with Gasteiger partial charge in [-0.1, -0.05) is 0 Å². The summed E-state index contributed by atoms with van der Waals surface area (Å²) in [4.78, 5) is 21.4. The number of aromatic nitrogens is 4. The van der Waals surface area contributed by atoms with Crippen LogP contribution in [0.4, 0.5) is 30.6 Å². The van der Waals surface area contributed by atoms with Crippen LogP contribution in [0.2, 0.25) is 0 Å². The summed E-state index contributed by atoms with van der Waals surface area (Å²) >= 11 is 0. The van der Waals surface area contributed by atoms with E-state index in [-0.39, 0.29) is 24.2 Å². The zero-order valence-corrected chi connectivity index (χ0v) is 16.4. The Morgan fingerprint density at radius 3 is 2.72 bits per heavy atom. The van der Waals surface area contributed by atoms with Gasteiger partial charge in [-0.05, 0) is 26.2 Å². The first kappa shape index (κ1) is 20.9. The SMILES string of the molecule is Cc1nn(C)cc1Nc1ncc(C(F)(F)F)c(NCCCN2CCCCC2=O)n1. The highest BCUT2D eigenvalue weighted by Crippen LogP contribution is 2.34. The number of alkyl halides is 3. The first-order chi connectivity index (χ1) is 13.7. The summed E-state index contributed by atoms with van der Waals surface area (Å²) in [6, 6.07) is 0. The van der Waals surface area contributed by atoms with Gasteiger partial charge < -0.3 is 15.5 Å². The first-order valence-electron chi connectivity index (χ1n) is 9.47. The van der Waals surface area contributed by atoms with Crippen molar-refractivity contribution in [1.82, 2.24) is 24.6 Å². The largest absolute Gasteiger partial charge is 0.421 e. The zero-order valence-electron chi connectivity index (χ0n) is 16.4. The van der Waals surface area contributed by atoms with Crippen LogP contribution in [0.25, 0.3) is 0 Å². The second-order valence-corrected chi connectivity index (χ2v) is 7.00. The smallest absolute Gasteiger partial charge is 0.369 e. The third-order valence-electron chi connectivity index (χ3n) is 4.67. The number of carbonyl (C=O) groups excluding carboxylic acids is 1. The number of nitrogens with one attached hydrogen (secondary N) is 2. The van der Waals surface area contributed by atoms with Crippen LogP contribution in [0.15, 0.2) is 12.4 Å². The second kappa shape index (κ2) is 8.66. The number of carbonyl (C=O) groups is 1. The van der Waals surface area contributed by atoms with Crippen molar-refractivity contribution in [2.24, 2.45) is 7.05 Å². The molecule has 0 aliphatic carbocycles. The number of nitrogens with zero attached hydrogens (tertiary/aromatic N) is 5. The van der Waals surface area contributed by atoms with E-state index in [1.54, 1.807) is 29.7 Å². The summed E-state index contributed by atoms with van der Waals surface area (Å²) in [5, 5.41) is 9.81. The number of anilines is 3. The molecule has 1 amide bonds. The summed E-state index contributed by atoms with van der Waals surface area (Å²) in [7, 11) is 1.74. The molecule has 1 fully saturated rings.